The molecule has 2 aliphatic rings. The number of amides is 1. The Labute approximate surface area is 142 Å². The number of ether oxygens (including phenoxy) is 1. The van der Waals surface area contributed by atoms with Gasteiger partial charge in [0.25, 0.3) is 5.91 Å². The third kappa shape index (κ3) is 3.40. The van der Waals surface area contributed by atoms with Gasteiger partial charge in [-0.3, -0.25) is 4.79 Å². The molecule has 0 radical (unpaired) electrons. The van der Waals surface area contributed by atoms with E-state index in [0.29, 0.717) is 17.5 Å². The second-order valence-corrected chi connectivity index (χ2v) is 6.89. The molecule has 1 heterocycles. The minimum absolute atomic E-state index is 0.0831. The summed E-state index contributed by atoms with van der Waals surface area (Å²) in [6.45, 7) is 2.22. The van der Waals surface area contributed by atoms with E-state index in [-0.39, 0.29) is 23.8 Å². The van der Waals surface area contributed by atoms with Crippen LogP contribution >= 0.6 is 0 Å². The Morgan fingerprint density at radius 1 is 1.21 bits per heavy atom. The van der Waals surface area contributed by atoms with Crippen LogP contribution < -0.4 is 0 Å². The largest absolute Gasteiger partial charge is 0.507 e. The lowest BCUT2D eigenvalue weighted by Gasteiger charge is -2.44. The first-order valence-corrected chi connectivity index (χ1v) is 8.83. The number of carbonyl (C=O) groups excluding carboxylic acids is 2. The molecule has 130 valence electrons. The number of esters is 1. The molecule has 2 fully saturated rings. The number of nitrogens with zero attached hydrogens (tertiary/aromatic N) is 1. The van der Waals surface area contributed by atoms with Crippen LogP contribution in [0.5, 0.6) is 5.75 Å². The van der Waals surface area contributed by atoms with Crippen LogP contribution in [0, 0.1) is 12.8 Å². The number of piperidine rings is 1. The Morgan fingerprint density at radius 2 is 1.96 bits per heavy atom. The first kappa shape index (κ1) is 16.8. The van der Waals surface area contributed by atoms with Crippen molar-refractivity contribution in [2.45, 2.75) is 51.5 Å². The summed E-state index contributed by atoms with van der Waals surface area (Å²) in [6.07, 6.45) is 6.91. The first-order valence-electron chi connectivity index (χ1n) is 8.83. The van der Waals surface area contributed by atoms with E-state index in [0.717, 1.165) is 19.4 Å². The van der Waals surface area contributed by atoms with Gasteiger partial charge in [-0.05, 0) is 50.2 Å². The number of carbonyl (C=O) groups is 2. The normalized spacial score (nSPS) is 23.5. The SMILES string of the molecule is Cc1cccc(C(=O)OCC(=O)N2CCC[C@@H]3CCCC[C@@H]32)c1O. The summed E-state index contributed by atoms with van der Waals surface area (Å²) in [7, 11) is 0. The molecule has 0 aromatic heterocycles. The van der Waals surface area contributed by atoms with Gasteiger partial charge in [-0.15, -0.1) is 0 Å². The average Bonchev–Trinajstić information content (AvgIpc) is 2.61. The Balaban J connectivity index is 1.60. The van der Waals surface area contributed by atoms with Gasteiger partial charge in [-0.2, -0.15) is 0 Å². The Morgan fingerprint density at radius 3 is 2.79 bits per heavy atom. The minimum atomic E-state index is -0.651. The number of fused-ring (bicyclic) bond motifs is 1. The van der Waals surface area contributed by atoms with E-state index in [1.54, 1.807) is 19.1 Å². The molecule has 24 heavy (non-hydrogen) atoms. The Kier molecular flexibility index (Phi) is 5.07. The van der Waals surface area contributed by atoms with Gasteiger partial charge in [-0.1, -0.05) is 25.0 Å². The second kappa shape index (κ2) is 7.24. The molecular formula is C19H25NO4. The highest BCUT2D eigenvalue weighted by atomic mass is 16.5. The first-order chi connectivity index (χ1) is 11.6. The van der Waals surface area contributed by atoms with Crippen molar-refractivity contribution in [3.05, 3.63) is 29.3 Å². The van der Waals surface area contributed by atoms with Gasteiger partial charge < -0.3 is 14.7 Å². The molecule has 0 unspecified atom stereocenters. The average molecular weight is 331 g/mol. The van der Waals surface area contributed by atoms with Crippen LogP contribution in [0.3, 0.4) is 0 Å². The van der Waals surface area contributed by atoms with Crippen molar-refractivity contribution < 1.29 is 19.4 Å². The van der Waals surface area contributed by atoms with Crippen molar-refractivity contribution in [2.75, 3.05) is 13.2 Å². The predicted octanol–water partition coefficient (Wildman–Crippen LogP) is 3.04. The maximum atomic E-state index is 12.5. The van der Waals surface area contributed by atoms with Crippen molar-refractivity contribution in [2.24, 2.45) is 5.92 Å². The lowest BCUT2D eigenvalue weighted by Crippen LogP contribution is -2.50. The van der Waals surface area contributed by atoms with Crippen molar-refractivity contribution in [1.82, 2.24) is 4.90 Å². The quantitative estimate of drug-likeness (QED) is 0.865. The molecule has 0 spiro atoms. The van der Waals surface area contributed by atoms with E-state index >= 15 is 0 Å². The molecule has 1 aromatic carbocycles. The van der Waals surface area contributed by atoms with Gasteiger partial charge >= 0.3 is 5.97 Å². The highest BCUT2D eigenvalue weighted by Gasteiger charge is 2.35. The third-order valence-electron chi connectivity index (χ3n) is 5.35. The Bertz CT molecular complexity index is 626. The molecule has 1 aliphatic heterocycles. The number of aromatic hydroxyl groups is 1. The summed E-state index contributed by atoms with van der Waals surface area (Å²) in [6, 6.07) is 5.22. The third-order valence-corrected chi connectivity index (χ3v) is 5.35. The van der Waals surface area contributed by atoms with Crippen molar-refractivity contribution >= 4 is 11.9 Å². The summed E-state index contributed by atoms with van der Waals surface area (Å²) >= 11 is 0. The maximum absolute atomic E-state index is 12.5. The van der Waals surface area contributed by atoms with Crippen molar-refractivity contribution in [3.63, 3.8) is 0 Å². The van der Waals surface area contributed by atoms with E-state index < -0.39 is 5.97 Å². The number of phenols is 1. The van der Waals surface area contributed by atoms with Crippen molar-refractivity contribution in [3.8, 4) is 5.75 Å². The van der Waals surface area contributed by atoms with Crippen LogP contribution in [0.15, 0.2) is 18.2 Å². The lowest BCUT2D eigenvalue weighted by molar-refractivity contribution is -0.140. The number of hydrogen-bond acceptors (Lipinski definition) is 4. The van der Waals surface area contributed by atoms with Gasteiger partial charge in [0.1, 0.15) is 11.3 Å². The zero-order valence-electron chi connectivity index (χ0n) is 14.2. The van der Waals surface area contributed by atoms with E-state index in [1.165, 1.54) is 31.7 Å². The van der Waals surface area contributed by atoms with E-state index in [9.17, 15) is 14.7 Å². The minimum Gasteiger partial charge on any atom is -0.507 e. The number of para-hydroxylation sites is 1. The number of aryl methyl sites for hydroxylation is 1. The molecule has 3 rings (SSSR count). The fourth-order valence-electron chi connectivity index (χ4n) is 4.05. The number of phenolic OH excluding ortho intramolecular Hbond substituents is 1. The summed E-state index contributed by atoms with van der Waals surface area (Å²) in [5.41, 5.74) is 0.717. The van der Waals surface area contributed by atoms with Crippen LogP contribution in [-0.2, 0) is 9.53 Å². The van der Waals surface area contributed by atoms with Crippen LogP contribution in [0.2, 0.25) is 0 Å². The number of hydrogen-bond donors (Lipinski definition) is 1. The van der Waals surface area contributed by atoms with Crippen molar-refractivity contribution in [1.29, 1.82) is 0 Å². The fourth-order valence-corrected chi connectivity index (χ4v) is 4.05. The van der Waals surface area contributed by atoms with Gasteiger partial charge in [-0.25, -0.2) is 4.79 Å². The van der Waals surface area contributed by atoms with E-state index in [1.807, 2.05) is 4.90 Å². The molecule has 2 atom stereocenters. The molecule has 0 bridgehead atoms. The highest BCUT2D eigenvalue weighted by Crippen LogP contribution is 2.35. The second-order valence-electron chi connectivity index (χ2n) is 6.89. The van der Waals surface area contributed by atoms with E-state index in [2.05, 4.69) is 0 Å². The van der Waals surface area contributed by atoms with Gasteiger partial charge in [0.2, 0.25) is 0 Å². The maximum Gasteiger partial charge on any atom is 0.342 e. The summed E-state index contributed by atoms with van der Waals surface area (Å²) < 4.78 is 5.17. The number of likely N-dealkylation sites (tertiary alicyclic amines) is 1. The Hall–Kier alpha value is -2.04. The van der Waals surface area contributed by atoms with Gasteiger partial charge in [0, 0.05) is 12.6 Å². The highest BCUT2D eigenvalue weighted by molar-refractivity contribution is 5.94. The van der Waals surface area contributed by atoms with Gasteiger partial charge in [0.05, 0.1) is 0 Å². The standard InChI is InChI=1S/C19H25NO4/c1-13-6-4-9-15(18(13)22)19(23)24-12-17(21)20-11-5-8-14-7-2-3-10-16(14)20/h4,6,9,14,16,22H,2-3,5,7-8,10-12H2,1H3/t14-,16-/m0/s1. The zero-order chi connectivity index (χ0) is 17.1. The number of benzene rings is 1. The monoisotopic (exact) mass is 331 g/mol. The molecule has 1 N–H and O–H groups in total. The molecule has 1 aliphatic carbocycles. The van der Waals surface area contributed by atoms with Crippen LogP contribution in [0.25, 0.3) is 0 Å². The van der Waals surface area contributed by atoms with Crippen LogP contribution in [-0.4, -0.2) is 41.1 Å². The van der Waals surface area contributed by atoms with E-state index in [4.69, 9.17) is 4.74 Å². The zero-order valence-corrected chi connectivity index (χ0v) is 14.2. The lowest BCUT2D eigenvalue weighted by atomic mass is 9.78. The van der Waals surface area contributed by atoms with Gasteiger partial charge in [0.15, 0.2) is 6.61 Å². The molecular weight excluding hydrogens is 306 g/mol. The van der Waals surface area contributed by atoms with Crippen LogP contribution in [0.1, 0.15) is 54.4 Å². The number of rotatable bonds is 3. The topological polar surface area (TPSA) is 66.8 Å². The smallest absolute Gasteiger partial charge is 0.342 e. The van der Waals surface area contributed by atoms with Crippen LogP contribution in [0.4, 0.5) is 0 Å². The molecule has 1 aromatic rings. The predicted molar refractivity (Wildman–Crippen MR) is 89.8 cm³/mol. The summed E-state index contributed by atoms with van der Waals surface area (Å²) in [4.78, 5) is 26.6. The molecule has 1 saturated carbocycles. The molecule has 1 saturated heterocycles. The summed E-state index contributed by atoms with van der Waals surface area (Å²) in [5.74, 6) is -0.248. The molecule has 5 heteroatoms. The molecule has 5 nitrogen and oxygen atoms in total. The molecule has 1 amide bonds. The summed E-state index contributed by atoms with van der Waals surface area (Å²) in [5, 5.41) is 9.94. The fraction of sp³-hybridized carbons (Fsp3) is 0.579.